The van der Waals surface area contributed by atoms with Crippen LogP contribution in [0.25, 0.3) is 0 Å². The van der Waals surface area contributed by atoms with E-state index in [-0.39, 0.29) is 24.6 Å². The molecule has 1 aromatic carbocycles. The molecule has 21 heavy (non-hydrogen) atoms. The quantitative estimate of drug-likeness (QED) is 0.703. The van der Waals surface area contributed by atoms with Crippen molar-refractivity contribution in [2.75, 3.05) is 13.2 Å². The van der Waals surface area contributed by atoms with Crippen LogP contribution in [0.4, 0.5) is 0 Å². The van der Waals surface area contributed by atoms with E-state index in [0.29, 0.717) is 23.8 Å². The summed E-state index contributed by atoms with van der Waals surface area (Å²) in [5.41, 5.74) is 0.365. The first kappa shape index (κ1) is 14.7. The zero-order valence-electron chi connectivity index (χ0n) is 11.6. The second-order valence-electron chi connectivity index (χ2n) is 4.23. The highest BCUT2D eigenvalue weighted by molar-refractivity contribution is 5.77. The average molecular weight is 291 g/mol. The van der Waals surface area contributed by atoms with Crippen molar-refractivity contribution >= 4 is 5.91 Å². The summed E-state index contributed by atoms with van der Waals surface area (Å²) in [6.07, 6.45) is 0. The first-order chi connectivity index (χ1) is 10.2. The van der Waals surface area contributed by atoms with E-state index in [9.17, 15) is 9.59 Å². The van der Waals surface area contributed by atoms with Gasteiger partial charge in [0, 0.05) is 6.07 Å². The first-order valence-corrected chi connectivity index (χ1v) is 6.57. The number of ether oxygens (including phenoxy) is 2. The van der Waals surface area contributed by atoms with Gasteiger partial charge >= 0.3 is 0 Å². The lowest BCUT2D eigenvalue weighted by Crippen LogP contribution is -2.28. The highest BCUT2D eigenvalue weighted by atomic mass is 16.5. The van der Waals surface area contributed by atoms with E-state index in [2.05, 4.69) is 15.5 Å². The molecule has 0 unspecified atom stereocenters. The predicted molar refractivity (Wildman–Crippen MR) is 76.4 cm³/mol. The van der Waals surface area contributed by atoms with Gasteiger partial charge in [0.25, 0.3) is 11.5 Å². The summed E-state index contributed by atoms with van der Waals surface area (Å²) in [5.74, 6) is 0.829. The fourth-order valence-corrected chi connectivity index (χ4v) is 1.70. The van der Waals surface area contributed by atoms with E-state index in [0.717, 1.165) is 0 Å². The number of carbonyl (C=O) groups excluding carboxylic acids is 1. The van der Waals surface area contributed by atoms with Gasteiger partial charge in [-0.15, -0.1) is 0 Å². The second kappa shape index (κ2) is 7.18. The van der Waals surface area contributed by atoms with E-state index in [4.69, 9.17) is 9.47 Å². The van der Waals surface area contributed by atoms with Crippen LogP contribution in [-0.2, 0) is 11.3 Å². The fraction of sp³-hybridized carbons (Fsp3) is 0.286. The largest absolute Gasteiger partial charge is 0.490 e. The van der Waals surface area contributed by atoms with Gasteiger partial charge in [-0.2, -0.15) is 0 Å². The molecule has 0 fully saturated rings. The van der Waals surface area contributed by atoms with Gasteiger partial charge in [-0.1, -0.05) is 12.1 Å². The molecule has 112 valence electrons. The van der Waals surface area contributed by atoms with Crippen LogP contribution in [-0.4, -0.2) is 29.3 Å². The number of benzene rings is 1. The molecule has 0 spiro atoms. The molecule has 0 saturated heterocycles. The van der Waals surface area contributed by atoms with Crippen LogP contribution < -0.4 is 20.3 Å². The van der Waals surface area contributed by atoms with E-state index in [1.807, 2.05) is 13.0 Å². The maximum absolute atomic E-state index is 11.7. The summed E-state index contributed by atoms with van der Waals surface area (Å²) >= 11 is 0. The maximum atomic E-state index is 11.7. The van der Waals surface area contributed by atoms with Gasteiger partial charge in [0.2, 0.25) is 0 Å². The minimum Gasteiger partial charge on any atom is -0.490 e. The van der Waals surface area contributed by atoms with Crippen LogP contribution in [0.3, 0.4) is 0 Å². The van der Waals surface area contributed by atoms with E-state index in [1.165, 1.54) is 6.07 Å². The summed E-state index contributed by atoms with van der Waals surface area (Å²) < 4.78 is 10.8. The van der Waals surface area contributed by atoms with Crippen molar-refractivity contribution in [2.45, 2.75) is 13.5 Å². The van der Waals surface area contributed by atoms with Crippen molar-refractivity contribution in [3.8, 4) is 11.5 Å². The molecule has 0 aliphatic carbocycles. The predicted octanol–water partition coefficient (Wildman–Crippen LogP) is 0.797. The second-order valence-corrected chi connectivity index (χ2v) is 4.23. The minimum atomic E-state index is -0.289. The molecule has 1 aromatic heterocycles. The summed E-state index contributed by atoms with van der Waals surface area (Å²) in [6.45, 7) is 2.50. The Hall–Kier alpha value is -2.70. The topological polar surface area (TPSA) is 96.2 Å². The number of amides is 1. The molecule has 3 N–H and O–H groups in total. The van der Waals surface area contributed by atoms with Crippen LogP contribution in [0.1, 0.15) is 12.6 Å². The lowest BCUT2D eigenvalue weighted by Gasteiger charge is -2.11. The smallest absolute Gasteiger partial charge is 0.264 e. The van der Waals surface area contributed by atoms with Crippen LogP contribution in [0.2, 0.25) is 0 Å². The van der Waals surface area contributed by atoms with E-state index >= 15 is 0 Å². The molecule has 0 aliphatic heterocycles. The Balaban J connectivity index is 1.82. The van der Waals surface area contributed by atoms with E-state index in [1.54, 1.807) is 18.2 Å². The van der Waals surface area contributed by atoms with Crippen molar-refractivity contribution in [1.29, 1.82) is 0 Å². The Kier molecular flexibility index (Phi) is 5.03. The monoisotopic (exact) mass is 291 g/mol. The van der Waals surface area contributed by atoms with Crippen molar-refractivity contribution in [3.05, 3.63) is 46.4 Å². The summed E-state index contributed by atoms with van der Waals surface area (Å²) in [5, 5.41) is 7.68. The van der Waals surface area contributed by atoms with Gasteiger partial charge in [0.15, 0.2) is 18.1 Å². The SMILES string of the molecule is CCOc1ccccc1OCC(=O)NCc1cc(=O)[nH][nH]1. The molecule has 1 heterocycles. The molecule has 2 aromatic rings. The highest BCUT2D eigenvalue weighted by Gasteiger charge is 2.07. The lowest BCUT2D eigenvalue weighted by atomic mass is 10.3. The Morgan fingerprint density at radius 3 is 2.52 bits per heavy atom. The standard InChI is InChI=1S/C14H17N3O4/c1-2-20-11-5-3-4-6-12(11)21-9-14(19)15-8-10-7-13(18)17-16-10/h3-7H,2,8-9H2,1H3,(H,15,19)(H2,16,17,18). The van der Waals surface area contributed by atoms with E-state index < -0.39 is 0 Å². The number of H-pyrrole nitrogens is 2. The van der Waals surface area contributed by atoms with Gasteiger partial charge in [0.1, 0.15) is 0 Å². The normalized spacial score (nSPS) is 10.1. The van der Waals surface area contributed by atoms with Crippen LogP contribution in [0, 0.1) is 0 Å². The number of nitrogens with one attached hydrogen (secondary N) is 3. The first-order valence-electron chi connectivity index (χ1n) is 6.57. The van der Waals surface area contributed by atoms with Crippen LogP contribution >= 0.6 is 0 Å². The molecular weight excluding hydrogens is 274 g/mol. The third-order valence-electron chi connectivity index (χ3n) is 2.64. The summed E-state index contributed by atoms with van der Waals surface area (Å²) in [6, 6.07) is 8.54. The molecule has 7 nitrogen and oxygen atoms in total. The number of aromatic nitrogens is 2. The molecule has 1 amide bonds. The molecular formula is C14H17N3O4. The number of rotatable bonds is 7. The Bertz CT molecular complexity index is 647. The molecule has 0 aliphatic rings. The molecule has 0 saturated carbocycles. The third kappa shape index (κ3) is 4.41. The van der Waals surface area contributed by atoms with Crippen molar-refractivity contribution < 1.29 is 14.3 Å². The Morgan fingerprint density at radius 1 is 1.19 bits per heavy atom. The van der Waals surface area contributed by atoms with Gasteiger partial charge in [-0.3, -0.25) is 14.7 Å². The number of hydrogen-bond donors (Lipinski definition) is 3. The Morgan fingerprint density at radius 2 is 1.90 bits per heavy atom. The maximum Gasteiger partial charge on any atom is 0.264 e. The lowest BCUT2D eigenvalue weighted by molar-refractivity contribution is -0.123. The molecule has 0 bridgehead atoms. The molecule has 0 atom stereocenters. The number of para-hydroxylation sites is 2. The van der Waals surface area contributed by atoms with Gasteiger partial charge < -0.3 is 19.9 Å². The van der Waals surface area contributed by atoms with Crippen molar-refractivity contribution in [2.24, 2.45) is 0 Å². The van der Waals surface area contributed by atoms with Crippen LogP contribution in [0.15, 0.2) is 35.1 Å². The number of hydrogen-bond acceptors (Lipinski definition) is 4. The molecule has 7 heteroatoms. The minimum absolute atomic E-state index is 0.126. The van der Waals surface area contributed by atoms with Gasteiger partial charge in [0.05, 0.1) is 18.8 Å². The summed E-state index contributed by atoms with van der Waals surface area (Å²) in [7, 11) is 0. The Labute approximate surface area is 121 Å². The van der Waals surface area contributed by atoms with Crippen LogP contribution in [0.5, 0.6) is 11.5 Å². The average Bonchev–Trinajstić information content (AvgIpc) is 2.90. The van der Waals surface area contributed by atoms with Gasteiger partial charge in [-0.05, 0) is 19.1 Å². The van der Waals surface area contributed by atoms with Gasteiger partial charge in [-0.25, -0.2) is 0 Å². The van der Waals surface area contributed by atoms with Crippen molar-refractivity contribution in [1.82, 2.24) is 15.5 Å². The molecule has 2 rings (SSSR count). The highest BCUT2D eigenvalue weighted by Crippen LogP contribution is 2.26. The summed E-state index contributed by atoms with van der Waals surface area (Å²) in [4.78, 5) is 22.6. The van der Waals surface area contributed by atoms with Crippen molar-refractivity contribution in [3.63, 3.8) is 0 Å². The third-order valence-corrected chi connectivity index (χ3v) is 2.64. The zero-order chi connectivity index (χ0) is 15.1. The molecule has 0 radical (unpaired) electrons. The number of carbonyl (C=O) groups is 1. The zero-order valence-corrected chi connectivity index (χ0v) is 11.6. The number of aromatic amines is 2. The fourth-order valence-electron chi connectivity index (χ4n) is 1.70.